The number of aryl methyl sites for hydroxylation is 1. The smallest absolute Gasteiger partial charge is 0.337 e. The number of carboxylic acids is 1. The number of nitrogens with zero attached hydrogens (tertiary/aromatic N) is 2. The molecule has 2 heterocycles. The normalized spacial score (nSPS) is 18.8. The number of hydrogen-bond acceptors (Lipinski definition) is 4. The van der Waals surface area contributed by atoms with E-state index in [4.69, 9.17) is 0 Å². The Morgan fingerprint density at radius 1 is 1.43 bits per heavy atom. The molecule has 7 nitrogen and oxygen atoms in total. The molecule has 2 amide bonds. The van der Waals surface area contributed by atoms with Crippen LogP contribution in [0, 0.1) is 0 Å². The minimum Gasteiger partial charge on any atom is -0.478 e. The zero-order valence-electron chi connectivity index (χ0n) is 11.3. The van der Waals surface area contributed by atoms with Crippen molar-refractivity contribution in [1.29, 1.82) is 0 Å². The first-order chi connectivity index (χ1) is 9.99. The Balaban J connectivity index is 2.17. The number of fused-ring (bicyclic) bond motifs is 1. The summed E-state index contributed by atoms with van der Waals surface area (Å²) in [7, 11) is 1.66. The van der Waals surface area contributed by atoms with Gasteiger partial charge in [0, 0.05) is 18.9 Å². The molecule has 1 aliphatic rings. The summed E-state index contributed by atoms with van der Waals surface area (Å²) in [6.07, 6.45) is 2.25. The fraction of sp³-hybridized carbons (Fsp3) is 0.286. The molecular formula is C14H13N3O4. The van der Waals surface area contributed by atoms with Gasteiger partial charge in [0.2, 0.25) is 11.8 Å². The fourth-order valence-corrected chi connectivity index (χ4v) is 2.78. The van der Waals surface area contributed by atoms with E-state index in [1.807, 2.05) is 0 Å². The number of rotatable bonds is 2. The monoisotopic (exact) mass is 287 g/mol. The standard InChI is InChI=1S/C14H13N3O4/c1-17-12-9(14(20)21)3-2-7(10(12)6-15-17)8-4-5-11(18)16-13(8)19/h2-3,6,8H,4-5H2,1H3,(H,20,21)(H,16,18,19). The molecule has 1 saturated heterocycles. The van der Waals surface area contributed by atoms with Gasteiger partial charge in [-0.1, -0.05) is 6.07 Å². The topological polar surface area (TPSA) is 101 Å². The number of aromatic carboxylic acids is 1. The van der Waals surface area contributed by atoms with Gasteiger partial charge >= 0.3 is 5.97 Å². The van der Waals surface area contributed by atoms with Crippen molar-refractivity contribution in [3.8, 4) is 0 Å². The van der Waals surface area contributed by atoms with Crippen molar-refractivity contribution >= 4 is 28.7 Å². The molecule has 0 bridgehead atoms. The number of benzene rings is 1. The van der Waals surface area contributed by atoms with Gasteiger partial charge in [0.25, 0.3) is 0 Å². The summed E-state index contributed by atoms with van der Waals surface area (Å²) in [4.78, 5) is 34.5. The largest absolute Gasteiger partial charge is 0.478 e. The van der Waals surface area contributed by atoms with Gasteiger partial charge in [-0.2, -0.15) is 5.10 Å². The molecule has 0 radical (unpaired) electrons. The predicted molar refractivity (Wildman–Crippen MR) is 72.8 cm³/mol. The molecule has 2 aromatic rings. The third-order valence-electron chi connectivity index (χ3n) is 3.78. The molecule has 3 rings (SSSR count). The van der Waals surface area contributed by atoms with Crippen LogP contribution in [0.1, 0.15) is 34.7 Å². The molecule has 0 spiro atoms. The van der Waals surface area contributed by atoms with Crippen molar-refractivity contribution < 1.29 is 19.5 Å². The van der Waals surface area contributed by atoms with E-state index in [9.17, 15) is 19.5 Å². The van der Waals surface area contributed by atoms with Crippen molar-refractivity contribution in [2.24, 2.45) is 7.05 Å². The van der Waals surface area contributed by atoms with E-state index >= 15 is 0 Å². The third kappa shape index (κ3) is 2.06. The van der Waals surface area contributed by atoms with Crippen LogP contribution in [0.5, 0.6) is 0 Å². The Labute approximate surface area is 119 Å². The molecule has 0 aliphatic carbocycles. The highest BCUT2D eigenvalue weighted by atomic mass is 16.4. The minimum absolute atomic E-state index is 0.140. The number of piperidine rings is 1. The lowest BCUT2D eigenvalue weighted by Gasteiger charge is -2.22. The zero-order chi connectivity index (χ0) is 15.1. The fourth-order valence-electron chi connectivity index (χ4n) is 2.78. The molecule has 1 aromatic carbocycles. The molecule has 0 saturated carbocycles. The zero-order valence-corrected chi connectivity index (χ0v) is 11.3. The predicted octanol–water partition coefficient (Wildman–Crippen LogP) is 0.792. The molecule has 1 unspecified atom stereocenters. The van der Waals surface area contributed by atoms with Crippen molar-refractivity contribution in [2.75, 3.05) is 0 Å². The Morgan fingerprint density at radius 2 is 2.19 bits per heavy atom. The van der Waals surface area contributed by atoms with Crippen molar-refractivity contribution in [2.45, 2.75) is 18.8 Å². The lowest BCUT2D eigenvalue weighted by molar-refractivity contribution is -0.134. The maximum absolute atomic E-state index is 12.0. The summed E-state index contributed by atoms with van der Waals surface area (Å²) in [6, 6.07) is 3.11. The second-order valence-corrected chi connectivity index (χ2v) is 5.04. The lowest BCUT2D eigenvalue weighted by Crippen LogP contribution is -2.39. The number of imide groups is 1. The molecule has 1 aliphatic heterocycles. The van der Waals surface area contributed by atoms with Crippen LogP contribution >= 0.6 is 0 Å². The van der Waals surface area contributed by atoms with Crippen LogP contribution < -0.4 is 5.32 Å². The average Bonchev–Trinajstić information content (AvgIpc) is 2.81. The van der Waals surface area contributed by atoms with Crippen LogP contribution in [0.15, 0.2) is 18.3 Å². The van der Waals surface area contributed by atoms with Gasteiger partial charge in [-0.15, -0.1) is 0 Å². The Bertz CT molecular complexity index is 778. The van der Waals surface area contributed by atoms with Gasteiger partial charge in [-0.05, 0) is 18.1 Å². The van der Waals surface area contributed by atoms with Gasteiger partial charge in [-0.25, -0.2) is 4.79 Å². The highest BCUT2D eigenvalue weighted by Crippen LogP contribution is 2.32. The number of amides is 2. The lowest BCUT2D eigenvalue weighted by atomic mass is 9.88. The first-order valence-electron chi connectivity index (χ1n) is 6.50. The number of carbonyl (C=O) groups is 3. The summed E-state index contributed by atoms with van der Waals surface area (Å²) < 4.78 is 1.48. The molecule has 108 valence electrons. The Morgan fingerprint density at radius 3 is 2.86 bits per heavy atom. The molecule has 1 fully saturated rings. The average molecular weight is 287 g/mol. The number of nitrogens with one attached hydrogen (secondary N) is 1. The highest BCUT2D eigenvalue weighted by Gasteiger charge is 2.30. The van der Waals surface area contributed by atoms with Crippen LogP contribution in [0.25, 0.3) is 10.9 Å². The molecule has 1 atom stereocenters. The van der Waals surface area contributed by atoms with Gasteiger partial charge in [0.05, 0.1) is 23.2 Å². The summed E-state index contributed by atoms with van der Waals surface area (Å²) in [5, 5.41) is 16.3. The van der Waals surface area contributed by atoms with Crippen molar-refractivity contribution in [3.63, 3.8) is 0 Å². The molecule has 1 aromatic heterocycles. The summed E-state index contributed by atoms with van der Waals surface area (Å²) in [5.41, 5.74) is 1.32. The second-order valence-electron chi connectivity index (χ2n) is 5.04. The van der Waals surface area contributed by atoms with E-state index in [-0.39, 0.29) is 23.8 Å². The third-order valence-corrected chi connectivity index (χ3v) is 3.78. The summed E-state index contributed by atoms with van der Waals surface area (Å²) >= 11 is 0. The maximum atomic E-state index is 12.0. The quantitative estimate of drug-likeness (QED) is 0.795. The number of carboxylic acid groups (broad SMARTS) is 1. The minimum atomic E-state index is -1.04. The van der Waals surface area contributed by atoms with E-state index in [2.05, 4.69) is 10.4 Å². The SMILES string of the molecule is Cn1ncc2c(C3CCC(=O)NC3=O)ccc(C(=O)O)c21. The van der Waals surface area contributed by atoms with Gasteiger partial charge in [-0.3, -0.25) is 19.6 Å². The van der Waals surface area contributed by atoms with Crippen LogP contribution in [0.3, 0.4) is 0 Å². The number of hydrogen-bond donors (Lipinski definition) is 2. The summed E-state index contributed by atoms with van der Waals surface area (Å²) in [5.74, 6) is -2.13. The van der Waals surface area contributed by atoms with E-state index in [1.54, 1.807) is 19.3 Å². The number of aromatic nitrogens is 2. The molecule has 21 heavy (non-hydrogen) atoms. The Hall–Kier alpha value is -2.70. The van der Waals surface area contributed by atoms with Gasteiger partial charge in [0.1, 0.15) is 0 Å². The van der Waals surface area contributed by atoms with Crippen LogP contribution in [0.4, 0.5) is 0 Å². The van der Waals surface area contributed by atoms with Crippen molar-refractivity contribution in [3.05, 3.63) is 29.5 Å². The second kappa shape index (κ2) is 4.69. The van der Waals surface area contributed by atoms with E-state index in [0.29, 0.717) is 22.9 Å². The highest BCUT2D eigenvalue weighted by molar-refractivity contribution is 6.06. The van der Waals surface area contributed by atoms with Crippen LogP contribution in [0.2, 0.25) is 0 Å². The Kier molecular flexibility index (Phi) is 2.97. The van der Waals surface area contributed by atoms with Crippen LogP contribution in [-0.4, -0.2) is 32.7 Å². The summed E-state index contributed by atoms with van der Waals surface area (Å²) in [6.45, 7) is 0. The molecule has 2 N–H and O–H groups in total. The molecular weight excluding hydrogens is 274 g/mol. The maximum Gasteiger partial charge on any atom is 0.337 e. The van der Waals surface area contributed by atoms with E-state index in [1.165, 1.54) is 10.7 Å². The van der Waals surface area contributed by atoms with Gasteiger partial charge in [0.15, 0.2) is 0 Å². The van der Waals surface area contributed by atoms with E-state index in [0.717, 1.165) is 0 Å². The first kappa shape index (κ1) is 13.3. The van der Waals surface area contributed by atoms with Crippen LogP contribution in [-0.2, 0) is 16.6 Å². The van der Waals surface area contributed by atoms with Crippen molar-refractivity contribution in [1.82, 2.24) is 15.1 Å². The molecule has 7 heteroatoms. The van der Waals surface area contributed by atoms with E-state index < -0.39 is 11.9 Å². The number of carbonyl (C=O) groups excluding carboxylic acids is 2. The first-order valence-corrected chi connectivity index (χ1v) is 6.50. The van der Waals surface area contributed by atoms with Gasteiger partial charge < -0.3 is 5.11 Å².